The number of ether oxygens (including phenoxy) is 3. The highest BCUT2D eigenvalue weighted by atomic mass is 16.7. The Labute approximate surface area is 146 Å². The number of likely N-dealkylation sites (tertiary alicyclic amines) is 1. The molecule has 0 radical (unpaired) electrons. The summed E-state index contributed by atoms with van der Waals surface area (Å²) in [6.07, 6.45) is 6.12. The first-order valence-corrected chi connectivity index (χ1v) is 9.43. The summed E-state index contributed by atoms with van der Waals surface area (Å²) in [4.78, 5) is 2.48. The number of aryl methyl sites for hydroxylation is 1. The minimum absolute atomic E-state index is 0.0359. The third-order valence-electron chi connectivity index (χ3n) is 5.12. The van der Waals surface area contributed by atoms with Gasteiger partial charge in [-0.15, -0.1) is 0 Å². The molecule has 24 heavy (non-hydrogen) atoms. The third-order valence-corrected chi connectivity index (χ3v) is 5.12. The number of hydrogen-bond acceptors (Lipinski definition) is 4. The first kappa shape index (κ1) is 17.9. The van der Waals surface area contributed by atoms with Crippen molar-refractivity contribution in [2.45, 2.75) is 58.0 Å². The van der Waals surface area contributed by atoms with Crippen LogP contribution in [0.4, 0.5) is 0 Å². The Bertz CT molecular complexity index is 480. The molecule has 0 bridgehead atoms. The predicted molar refractivity (Wildman–Crippen MR) is 95.0 cm³/mol. The van der Waals surface area contributed by atoms with Crippen LogP contribution in [0, 0.1) is 6.92 Å². The Kier molecular flexibility index (Phi) is 7.09. The van der Waals surface area contributed by atoms with Crippen LogP contribution in [0.5, 0.6) is 0 Å². The number of rotatable bonds is 7. The smallest absolute Gasteiger partial charge is 0.157 e. The maximum absolute atomic E-state index is 6.12. The fourth-order valence-corrected chi connectivity index (χ4v) is 3.44. The maximum Gasteiger partial charge on any atom is 0.157 e. The molecule has 3 rings (SSSR count). The third kappa shape index (κ3) is 5.55. The molecule has 2 heterocycles. The van der Waals surface area contributed by atoms with Crippen LogP contribution in [0.15, 0.2) is 24.3 Å². The van der Waals surface area contributed by atoms with Crippen LogP contribution < -0.4 is 0 Å². The molecule has 1 unspecified atom stereocenters. The van der Waals surface area contributed by atoms with Crippen LogP contribution in [0.1, 0.15) is 43.2 Å². The standard InChI is InChI=1S/C20H31NO3/c1-17-6-2-3-7-18(17)16-24-19-9-11-21(12-10-19)13-15-23-20-8-4-5-14-22-20/h2-3,6-7,19-20H,4-5,8-16H2,1H3. The van der Waals surface area contributed by atoms with E-state index in [2.05, 4.69) is 36.1 Å². The van der Waals surface area contributed by atoms with Crippen LogP contribution in [0.2, 0.25) is 0 Å². The van der Waals surface area contributed by atoms with Gasteiger partial charge >= 0.3 is 0 Å². The molecule has 1 atom stereocenters. The van der Waals surface area contributed by atoms with E-state index in [1.165, 1.54) is 24.0 Å². The van der Waals surface area contributed by atoms with Crippen molar-refractivity contribution < 1.29 is 14.2 Å². The molecule has 0 spiro atoms. The summed E-state index contributed by atoms with van der Waals surface area (Å²) in [5.41, 5.74) is 2.62. The molecular weight excluding hydrogens is 302 g/mol. The van der Waals surface area contributed by atoms with E-state index in [9.17, 15) is 0 Å². The van der Waals surface area contributed by atoms with Crippen LogP contribution in [-0.2, 0) is 20.8 Å². The van der Waals surface area contributed by atoms with Crippen molar-refractivity contribution in [2.75, 3.05) is 32.8 Å². The van der Waals surface area contributed by atoms with Crippen molar-refractivity contribution >= 4 is 0 Å². The molecule has 4 heteroatoms. The number of hydrogen-bond donors (Lipinski definition) is 0. The highest BCUT2D eigenvalue weighted by Crippen LogP contribution is 2.18. The second-order valence-electron chi connectivity index (χ2n) is 6.95. The van der Waals surface area contributed by atoms with Crippen molar-refractivity contribution in [3.8, 4) is 0 Å². The minimum atomic E-state index is 0.0359. The average Bonchev–Trinajstić information content (AvgIpc) is 2.63. The van der Waals surface area contributed by atoms with Crippen molar-refractivity contribution in [3.63, 3.8) is 0 Å². The Morgan fingerprint density at radius 1 is 1.08 bits per heavy atom. The van der Waals surface area contributed by atoms with Crippen molar-refractivity contribution in [2.24, 2.45) is 0 Å². The van der Waals surface area contributed by atoms with Crippen molar-refractivity contribution in [1.82, 2.24) is 4.90 Å². The van der Waals surface area contributed by atoms with Gasteiger partial charge in [-0.25, -0.2) is 0 Å². The van der Waals surface area contributed by atoms with E-state index in [0.717, 1.165) is 58.7 Å². The fourth-order valence-electron chi connectivity index (χ4n) is 3.44. The van der Waals surface area contributed by atoms with Crippen LogP contribution >= 0.6 is 0 Å². The number of benzene rings is 1. The summed E-state index contributed by atoms with van der Waals surface area (Å²) in [6, 6.07) is 8.48. The Hall–Kier alpha value is -0.940. The lowest BCUT2D eigenvalue weighted by atomic mass is 10.1. The number of nitrogens with zero attached hydrogens (tertiary/aromatic N) is 1. The monoisotopic (exact) mass is 333 g/mol. The highest BCUT2D eigenvalue weighted by Gasteiger charge is 2.20. The highest BCUT2D eigenvalue weighted by molar-refractivity contribution is 5.24. The number of piperidine rings is 1. The van der Waals surface area contributed by atoms with Gasteiger partial charge in [-0.3, -0.25) is 0 Å². The normalized spacial score (nSPS) is 23.5. The van der Waals surface area contributed by atoms with Crippen LogP contribution in [-0.4, -0.2) is 50.1 Å². The Morgan fingerprint density at radius 2 is 1.92 bits per heavy atom. The van der Waals surface area contributed by atoms with Crippen molar-refractivity contribution in [3.05, 3.63) is 35.4 Å². The van der Waals surface area contributed by atoms with E-state index in [4.69, 9.17) is 14.2 Å². The Balaban J connectivity index is 1.29. The molecule has 0 N–H and O–H groups in total. The lowest BCUT2D eigenvalue weighted by Gasteiger charge is -2.32. The summed E-state index contributed by atoms with van der Waals surface area (Å²) in [6.45, 7) is 7.73. The molecule has 0 aromatic heterocycles. The van der Waals surface area contributed by atoms with Gasteiger partial charge in [0.1, 0.15) is 0 Å². The van der Waals surface area contributed by atoms with E-state index in [0.29, 0.717) is 6.10 Å². The van der Waals surface area contributed by atoms with Gasteiger partial charge in [-0.1, -0.05) is 24.3 Å². The topological polar surface area (TPSA) is 30.9 Å². The summed E-state index contributed by atoms with van der Waals surface area (Å²) >= 11 is 0. The van der Waals surface area contributed by atoms with E-state index < -0.39 is 0 Å². The summed E-state index contributed by atoms with van der Waals surface area (Å²) in [5, 5.41) is 0. The van der Waals surface area contributed by atoms with Gasteiger partial charge in [0.05, 0.1) is 19.3 Å². The molecule has 0 amide bonds. The molecule has 134 valence electrons. The average molecular weight is 333 g/mol. The van der Waals surface area contributed by atoms with E-state index >= 15 is 0 Å². The molecular formula is C20H31NO3. The van der Waals surface area contributed by atoms with Gasteiger partial charge in [0, 0.05) is 26.2 Å². The maximum atomic E-state index is 6.12. The summed E-state index contributed by atoms with van der Waals surface area (Å²) in [5.74, 6) is 0. The van der Waals surface area contributed by atoms with Gasteiger partial charge in [0.25, 0.3) is 0 Å². The first-order valence-electron chi connectivity index (χ1n) is 9.43. The summed E-state index contributed by atoms with van der Waals surface area (Å²) < 4.78 is 17.6. The largest absolute Gasteiger partial charge is 0.373 e. The van der Waals surface area contributed by atoms with Crippen LogP contribution in [0.25, 0.3) is 0 Å². The zero-order chi connectivity index (χ0) is 16.6. The minimum Gasteiger partial charge on any atom is -0.373 e. The fraction of sp³-hybridized carbons (Fsp3) is 0.700. The molecule has 2 aliphatic heterocycles. The van der Waals surface area contributed by atoms with Gasteiger partial charge in [0.2, 0.25) is 0 Å². The molecule has 4 nitrogen and oxygen atoms in total. The van der Waals surface area contributed by atoms with Gasteiger partial charge in [-0.2, -0.15) is 0 Å². The summed E-state index contributed by atoms with van der Waals surface area (Å²) in [7, 11) is 0. The van der Waals surface area contributed by atoms with E-state index in [-0.39, 0.29) is 6.29 Å². The second kappa shape index (κ2) is 9.52. The SMILES string of the molecule is Cc1ccccc1COC1CCN(CCOC2CCCCO2)CC1. The van der Waals surface area contributed by atoms with Gasteiger partial charge < -0.3 is 19.1 Å². The lowest BCUT2D eigenvalue weighted by molar-refractivity contribution is -0.165. The zero-order valence-electron chi connectivity index (χ0n) is 14.9. The van der Waals surface area contributed by atoms with E-state index in [1.54, 1.807) is 0 Å². The molecule has 2 saturated heterocycles. The zero-order valence-corrected chi connectivity index (χ0v) is 14.9. The molecule has 0 saturated carbocycles. The lowest BCUT2D eigenvalue weighted by Crippen LogP contribution is -2.39. The van der Waals surface area contributed by atoms with Gasteiger partial charge in [0.15, 0.2) is 6.29 Å². The van der Waals surface area contributed by atoms with E-state index in [1.807, 2.05) is 0 Å². The predicted octanol–water partition coefficient (Wildman–Crippen LogP) is 3.52. The molecule has 1 aromatic rings. The molecule has 0 aliphatic carbocycles. The molecule has 2 fully saturated rings. The second-order valence-corrected chi connectivity index (χ2v) is 6.95. The quantitative estimate of drug-likeness (QED) is 0.764. The Morgan fingerprint density at radius 3 is 2.67 bits per heavy atom. The van der Waals surface area contributed by atoms with Crippen molar-refractivity contribution in [1.29, 1.82) is 0 Å². The molecule has 2 aliphatic rings. The van der Waals surface area contributed by atoms with Gasteiger partial charge in [-0.05, 0) is 50.2 Å². The van der Waals surface area contributed by atoms with Crippen LogP contribution in [0.3, 0.4) is 0 Å². The first-order chi connectivity index (χ1) is 11.8. The molecule has 1 aromatic carbocycles.